The Morgan fingerprint density at radius 3 is 1.90 bits per heavy atom. The number of nitrogens with one attached hydrogen (secondary N) is 3. The number of benzene rings is 2. The first-order chi connectivity index (χ1) is 13.8. The molecule has 29 heavy (non-hydrogen) atoms. The summed E-state index contributed by atoms with van der Waals surface area (Å²) in [6.45, 7) is 9.83. The van der Waals surface area contributed by atoms with Crippen LogP contribution in [0.5, 0.6) is 0 Å². The predicted octanol–water partition coefficient (Wildman–Crippen LogP) is 4.91. The molecular weight excluding hydrogens is 362 g/mol. The lowest BCUT2D eigenvalue weighted by Crippen LogP contribution is -2.41. The summed E-state index contributed by atoms with van der Waals surface area (Å²) in [7, 11) is 0. The van der Waals surface area contributed by atoms with E-state index in [2.05, 4.69) is 61.0 Å². The molecule has 0 saturated heterocycles. The van der Waals surface area contributed by atoms with Crippen LogP contribution in [-0.2, 0) is 16.0 Å². The molecule has 156 valence electrons. The molecule has 0 bridgehead atoms. The number of carbonyl (C=O) groups excluding carboxylic acids is 2. The van der Waals surface area contributed by atoms with Crippen LogP contribution in [0.25, 0.3) is 0 Å². The van der Waals surface area contributed by atoms with Gasteiger partial charge in [0.15, 0.2) is 0 Å². The van der Waals surface area contributed by atoms with E-state index in [1.54, 1.807) is 24.3 Å². The van der Waals surface area contributed by atoms with Gasteiger partial charge < -0.3 is 10.6 Å². The van der Waals surface area contributed by atoms with E-state index >= 15 is 0 Å². The summed E-state index contributed by atoms with van der Waals surface area (Å²) in [6.07, 6.45) is 2.22. The van der Waals surface area contributed by atoms with Gasteiger partial charge in [0, 0.05) is 24.3 Å². The van der Waals surface area contributed by atoms with Crippen molar-refractivity contribution in [1.82, 2.24) is 5.32 Å². The zero-order valence-corrected chi connectivity index (χ0v) is 18.1. The van der Waals surface area contributed by atoms with E-state index < -0.39 is 0 Å². The summed E-state index contributed by atoms with van der Waals surface area (Å²) in [5.74, 6) is 0.131. The van der Waals surface area contributed by atoms with Crippen LogP contribution in [0.2, 0.25) is 0 Å². The van der Waals surface area contributed by atoms with Gasteiger partial charge in [-0.3, -0.25) is 14.9 Å². The van der Waals surface area contributed by atoms with Gasteiger partial charge in [-0.1, -0.05) is 51.5 Å². The van der Waals surface area contributed by atoms with E-state index in [1.807, 2.05) is 6.92 Å². The average molecular weight is 396 g/mol. The maximum Gasteiger partial charge on any atom is 0.241 e. The van der Waals surface area contributed by atoms with Crippen molar-refractivity contribution in [3.63, 3.8) is 0 Å². The molecule has 2 atom stereocenters. The Bertz CT molecular complexity index is 798. The zero-order chi connectivity index (χ0) is 21.4. The fourth-order valence-electron chi connectivity index (χ4n) is 3.29. The van der Waals surface area contributed by atoms with E-state index in [-0.39, 0.29) is 23.9 Å². The Morgan fingerprint density at radius 2 is 1.41 bits per heavy atom. The summed E-state index contributed by atoms with van der Waals surface area (Å²) in [4.78, 5) is 23.8. The minimum Gasteiger partial charge on any atom is -0.326 e. The largest absolute Gasteiger partial charge is 0.326 e. The van der Waals surface area contributed by atoms with Crippen LogP contribution in [0.1, 0.15) is 58.2 Å². The molecule has 2 amide bonds. The first kappa shape index (κ1) is 22.6. The number of hydrogen-bond donors (Lipinski definition) is 3. The Balaban J connectivity index is 2.00. The minimum absolute atomic E-state index is 0.0913. The van der Waals surface area contributed by atoms with E-state index in [9.17, 15) is 9.59 Å². The highest BCUT2D eigenvalue weighted by molar-refractivity contribution is 5.95. The molecule has 0 radical (unpaired) electrons. The van der Waals surface area contributed by atoms with E-state index in [0.29, 0.717) is 17.3 Å². The molecule has 0 aliphatic heterocycles. The summed E-state index contributed by atoms with van der Waals surface area (Å²) < 4.78 is 0. The maximum absolute atomic E-state index is 12.7. The van der Waals surface area contributed by atoms with Gasteiger partial charge in [-0.25, -0.2) is 0 Å². The third kappa shape index (κ3) is 7.02. The van der Waals surface area contributed by atoms with Crippen molar-refractivity contribution in [2.45, 2.75) is 59.5 Å². The molecule has 5 nitrogen and oxygen atoms in total. The first-order valence-corrected chi connectivity index (χ1v) is 10.3. The highest BCUT2D eigenvalue weighted by atomic mass is 16.2. The molecule has 5 heteroatoms. The van der Waals surface area contributed by atoms with Gasteiger partial charge in [0.05, 0.1) is 6.04 Å². The molecule has 2 rings (SSSR count). The molecule has 2 aromatic carbocycles. The second-order valence-corrected chi connectivity index (χ2v) is 7.85. The van der Waals surface area contributed by atoms with Crippen LogP contribution in [-0.4, -0.2) is 17.9 Å². The molecule has 0 spiro atoms. The number of anilines is 2. The smallest absolute Gasteiger partial charge is 0.241 e. The lowest BCUT2D eigenvalue weighted by molar-refractivity contribution is -0.118. The number of amides is 2. The molecule has 0 unspecified atom stereocenters. The van der Waals surface area contributed by atoms with Crippen molar-refractivity contribution in [2.75, 3.05) is 10.6 Å². The van der Waals surface area contributed by atoms with Crippen molar-refractivity contribution in [2.24, 2.45) is 5.92 Å². The SMILES string of the molecule is CCCc1ccc([C@@H](N[C@H](C)C(=O)Nc2ccc(NC(C)=O)cc2)C(C)C)cc1. The van der Waals surface area contributed by atoms with Gasteiger partial charge in [-0.05, 0) is 54.7 Å². The van der Waals surface area contributed by atoms with Gasteiger partial charge >= 0.3 is 0 Å². The second-order valence-electron chi connectivity index (χ2n) is 7.85. The molecule has 2 aromatic rings. The summed E-state index contributed by atoms with van der Waals surface area (Å²) in [5.41, 5.74) is 3.93. The molecular formula is C24H33N3O2. The van der Waals surface area contributed by atoms with Crippen molar-refractivity contribution in [3.05, 3.63) is 59.7 Å². The van der Waals surface area contributed by atoms with Crippen LogP contribution >= 0.6 is 0 Å². The van der Waals surface area contributed by atoms with Gasteiger partial charge in [0.2, 0.25) is 11.8 Å². The number of rotatable bonds is 9. The first-order valence-electron chi connectivity index (χ1n) is 10.3. The third-order valence-electron chi connectivity index (χ3n) is 4.84. The fourth-order valence-corrected chi connectivity index (χ4v) is 3.29. The summed E-state index contributed by atoms with van der Waals surface area (Å²) >= 11 is 0. The van der Waals surface area contributed by atoms with Gasteiger partial charge in [0.1, 0.15) is 0 Å². The molecule has 0 saturated carbocycles. The van der Waals surface area contributed by atoms with Crippen molar-refractivity contribution in [3.8, 4) is 0 Å². The lowest BCUT2D eigenvalue weighted by Gasteiger charge is -2.27. The molecule has 0 heterocycles. The normalized spacial score (nSPS) is 13.0. The molecule has 3 N–H and O–H groups in total. The van der Waals surface area contributed by atoms with Crippen LogP contribution in [0.15, 0.2) is 48.5 Å². The highest BCUT2D eigenvalue weighted by Gasteiger charge is 2.22. The Labute approximate surface area is 174 Å². The quantitative estimate of drug-likeness (QED) is 0.565. The van der Waals surface area contributed by atoms with Crippen LogP contribution < -0.4 is 16.0 Å². The monoisotopic (exact) mass is 395 g/mol. The van der Waals surface area contributed by atoms with Crippen LogP contribution in [0.4, 0.5) is 11.4 Å². The molecule has 0 aromatic heterocycles. The van der Waals surface area contributed by atoms with Crippen molar-refractivity contribution < 1.29 is 9.59 Å². The highest BCUT2D eigenvalue weighted by Crippen LogP contribution is 2.23. The van der Waals surface area contributed by atoms with Crippen LogP contribution in [0, 0.1) is 5.92 Å². The number of carbonyl (C=O) groups is 2. The van der Waals surface area contributed by atoms with Crippen molar-refractivity contribution in [1.29, 1.82) is 0 Å². The molecule has 0 fully saturated rings. The predicted molar refractivity (Wildman–Crippen MR) is 120 cm³/mol. The van der Waals surface area contributed by atoms with Gasteiger partial charge in [0.25, 0.3) is 0 Å². The Morgan fingerprint density at radius 1 is 0.862 bits per heavy atom. The fraction of sp³-hybridized carbons (Fsp3) is 0.417. The van der Waals surface area contributed by atoms with E-state index in [1.165, 1.54) is 18.1 Å². The van der Waals surface area contributed by atoms with Crippen LogP contribution in [0.3, 0.4) is 0 Å². The second kappa shape index (κ2) is 10.8. The maximum atomic E-state index is 12.7. The molecule has 0 aliphatic rings. The van der Waals surface area contributed by atoms with Gasteiger partial charge in [-0.15, -0.1) is 0 Å². The number of aryl methyl sites for hydroxylation is 1. The topological polar surface area (TPSA) is 70.2 Å². The third-order valence-corrected chi connectivity index (χ3v) is 4.84. The summed E-state index contributed by atoms with van der Waals surface area (Å²) in [5, 5.41) is 9.11. The average Bonchev–Trinajstić information content (AvgIpc) is 2.68. The number of hydrogen-bond acceptors (Lipinski definition) is 3. The Hall–Kier alpha value is -2.66. The molecule has 0 aliphatic carbocycles. The standard InChI is InChI=1S/C24H33N3O2/c1-6-7-19-8-10-20(11-9-19)23(16(2)3)25-17(4)24(29)27-22-14-12-21(13-15-22)26-18(5)28/h8-17,23,25H,6-7H2,1-5H3,(H,26,28)(H,27,29)/t17-,23+/m1/s1. The Kier molecular flexibility index (Phi) is 8.40. The summed E-state index contributed by atoms with van der Waals surface area (Å²) in [6, 6.07) is 15.5. The van der Waals surface area contributed by atoms with Gasteiger partial charge in [-0.2, -0.15) is 0 Å². The zero-order valence-electron chi connectivity index (χ0n) is 18.1. The van der Waals surface area contributed by atoms with Crippen molar-refractivity contribution >= 4 is 23.2 Å². The minimum atomic E-state index is -0.354. The van der Waals surface area contributed by atoms with E-state index in [4.69, 9.17) is 0 Å². The lowest BCUT2D eigenvalue weighted by atomic mass is 9.94. The van der Waals surface area contributed by atoms with E-state index in [0.717, 1.165) is 12.8 Å².